The Bertz CT molecular complexity index is 181. The Kier molecular flexibility index (Phi) is 6.99. The lowest BCUT2D eigenvalue weighted by Crippen LogP contribution is -2.23. The van der Waals surface area contributed by atoms with Crippen molar-refractivity contribution in [1.29, 1.82) is 0 Å². The first kappa shape index (κ1) is 15.7. The maximum Gasteiger partial charge on any atom is 0.389 e. The van der Waals surface area contributed by atoms with Gasteiger partial charge in [-0.2, -0.15) is 13.2 Å². The normalized spacial score (nSPS) is 13.1. The van der Waals surface area contributed by atoms with Crippen molar-refractivity contribution < 1.29 is 17.9 Å². The van der Waals surface area contributed by atoms with E-state index in [1.165, 1.54) is 0 Å². The quantitative estimate of drug-likeness (QED) is 0.663. The molecule has 0 radical (unpaired) electrons. The molecule has 0 heterocycles. The summed E-state index contributed by atoms with van der Waals surface area (Å²) in [6.07, 6.45) is -3.00. The molecule has 0 saturated heterocycles. The molecule has 98 valence electrons. The largest absolute Gasteiger partial charge is 0.389 e. The van der Waals surface area contributed by atoms with Crippen molar-refractivity contribution in [2.24, 2.45) is 11.1 Å². The second-order valence-corrected chi connectivity index (χ2v) is 4.80. The molecule has 0 rings (SSSR count). The maximum absolute atomic E-state index is 11.8. The zero-order valence-corrected chi connectivity index (χ0v) is 10.1. The van der Waals surface area contributed by atoms with Gasteiger partial charge in [0.05, 0.1) is 0 Å². The van der Waals surface area contributed by atoms with Gasteiger partial charge in [-0.1, -0.05) is 13.8 Å². The number of rotatable bonds is 8. The van der Waals surface area contributed by atoms with Crippen LogP contribution in [0.4, 0.5) is 13.2 Å². The average Bonchev–Trinajstić information content (AvgIpc) is 2.14. The first-order valence-corrected chi connectivity index (χ1v) is 5.61. The van der Waals surface area contributed by atoms with E-state index >= 15 is 0 Å². The predicted octanol–water partition coefficient (Wildman–Crippen LogP) is 3.11. The number of hydrogen-bond donors (Lipinski definition) is 1. The van der Waals surface area contributed by atoms with Crippen LogP contribution in [0.1, 0.15) is 39.5 Å². The molecule has 0 unspecified atom stereocenters. The molecule has 0 saturated carbocycles. The topological polar surface area (TPSA) is 35.2 Å². The van der Waals surface area contributed by atoms with Gasteiger partial charge in [0.15, 0.2) is 0 Å². The van der Waals surface area contributed by atoms with Crippen molar-refractivity contribution in [2.45, 2.75) is 45.7 Å². The van der Waals surface area contributed by atoms with Gasteiger partial charge in [-0.25, -0.2) is 0 Å². The highest BCUT2D eigenvalue weighted by Gasteiger charge is 2.25. The van der Waals surface area contributed by atoms with Crippen molar-refractivity contribution >= 4 is 0 Å². The van der Waals surface area contributed by atoms with Crippen molar-refractivity contribution in [3.05, 3.63) is 0 Å². The van der Waals surface area contributed by atoms with Crippen LogP contribution >= 0.6 is 0 Å². The second kappa shape index (κ2) is 7.12. The summed E-state index contributed by atoms with van der Waals surface area (Å²) in [4.78, 5) is 0. The molecule has 0 fully saturated rings. The minimum Gasteiger partial charge on any atom is -0.381 e. The van der Waals surface area contributed by atoms with Crippen LogP contribution < -0.4 is 5.73 Å². The molecule has 0 amide bonds. The Hall–Kier alpha value is -0.290. The summed E-state index contributed by atoms with van der Waals surface area (Å²) in [6.45, 7) is 5.44. The van der Waals surface area contributed by atoms with Gasteiger partial charge in [0.2, 0.25) is 0 Å². The lowest BCUT2D eigenvalue weighted by molar-refractivity contribution is -0.137. The van der Waals surface area contributed by atoms with Crippen LogP contribution in [-0.2, 0) is 4.74 Å². The van der Waals surface area contributed by atoms with E-state index in [1.54, 1.807) is 0 Å². The molecule has 0 aromatic rings. The summed E-state index contributed by atoms with van der Waals surface area (Å²) in [5.74, 6) is 0. The van der Waals surface area contributed by atoms with Crippen LogP contribution in [0.2, 0.25) is 0 Å². The SMILES string of the molecule is CC(C)(CN)CCCOCCCC(F)(F)F. The fourth-order valence-corrected chi connectivity index (χ4v) is 1.23. The Morgan fingerprint density at radius 3 is 1.94 bits per heavy atom. The highest BCUT2D eigenvalue weighted by Crippen LogP contribution is 2.22. The highest BCUT2D eigenvalue weighted by atomic mass is 19.4. The lowest BCUT2D eigenvalue weighted by Gasteiger charge is -2.21. The molecule has 0 bridgehead atoms. The van der Waals surface area contributed by atoms with Crippen LogP contribution in [0.25, 0.3) is 0 Å². The van der Waals surface area contributed by atoms with Crippen LogP contribution in [0.5, 0.6) is 0 Å². The summed E-state index contributed by atoms with van der Waals surface area (Å²) >= 11 is 0. The van der Waals surface area contributed by atoms with E-state index in [0.29, 0.717) is 13.2 Å². The maximum atomic E-state index is 11.8. The Labute approximate surface area is 95.3 Å². The second-order valence-electron chi connectivity index (χ2n) is 4.80. The molecule has 0 aromatic heterocycles. The Morgan fingerprint density at radius 1 is 1.00 bits per heavy atom. The number of hydrogen-bond acceptors (Lipinski definition) is 2. The van der Waals surface area contributed by atoms with E-state index in [-0.39, 0.29) is 18.4 Å². The zero-order valence-electron chi connectivity index (χ0n) is 10.1. The number of ether oxygens (including phenoxy) is 1. The molecule has 0 aliphatic heterocycles. The minimum absolute atomic E-state index is 0.0454. The molecule has 16 heavy (non-hydrogen) atoms. The van der Waals surface area contributed by atoms with Crippen LogP contribution in [0, 0.1) is 5.41 Å². The van der Waals surface area contributed by atoms with Gasteiger partial charge in [0.25, 0.3) is 0 Å². The molecule has 0 spiro atoms. The minimum atomic E-state index is -4.06. The van der Waals surface area contributed by atoms with Crippen LogP contribution in [0.15, 0.2) is 0 Å². The van der Waals surface area contributed by atoms with Gasteiger partial charge in [0.1, 0.15) is 0 Å². The fourth-order valence-electron chi connectivity index (χ4n) is 1.23. The Morgan fingerprint density at radius 2 is 1.50 bits per heavy atom. The molecule has 0 aromatic carbocycles. The summed E-state index contributed by atoms with van der Waals surface area (Å²) < 4.78 is 40.4. The first-order valence-electron chi connectivity index (χ1n) is 5.61. The van der Waals surface area contributed by atoms with Gasteiger partial charge >= 0.3 is 6.18 Å². The van der Waals surface area contributed by atoms with E-state index in [0.717, 1.165) is 12.8 Å². The summed E-state index contributed by atoms with van der Waals surface area (Å²) in [6, 6.07) is 0. The van der Waals surface area contributed by atoms with Gasteiger partial charge in [-0.15, -0.1) is 0 Å². The summed E-state index contributed by atoms with van der Waals surface area (Å²) in [5, 5.41) is 0. The van der Waals surface area contributed by atoms with Crippen molar-refractivity contribution in [3.8, 4) is 0 Å². The van der Waals surface area contributed by atoms with E-state index in [2.05, 4.69) is 13.8 Å². The van der Waals surface area contributed by atoms with Gasteiger partial charge in [0, 0.05) is 19.6 Å². The molecular formula is C11H22F3NO. The molecule has 0 atom stereocenters. The van der Waals surface area contributed by atoms with E-state index < -0.39 is 12.6 Å². The summed E-state index contributed by atoms with van der Waals surface area (Å²) in [5.41, 5.74) is 5.64. The molecule has 2 nitrogen and oxygen atoms in total. The number of alkyl halides is 3. The van der Waals surface area contributed by atoms with Gasteiger partial charge in [-0.05, 0) is 31.2 Å². The van der Waals surface area contributed by atoms with Crippen molar-refractivity contribution in [3.63, 3.8) is 0 Å². The van der Waals surface area contributed by atoms with E-state index in [4.69, 9.17) is 10.5 Å². The average molecular weight is 241 g/mol. The fraction of sp³-hybridized carbons (Fsp3) is 1.00. The number of halogens is 3. The van der Waals surface area contributed by atoms with E-state index in [1.807, 2.05) is 0 Å². The third-order valence-corrected chi connectivity index (χ3v) is 2.44. The molecule has 0 aliphatic rings. The molecule has 5 heteroatoms. The molecular weight excluding hydrogens is 219 g/mol. The lowest BCUT2D eigenvalue weighted by atomic mass is 9.88. The van der Waals surface area contributed by atoms with Gasteiger partial charge < -0.3 is 10.5 Å². The smallest absolute Gasteiger partial charge is 0.381 e. The predicted molar refractivity (Wildman–Crippen MR) is 58.2 cm³/mol. The standard InChI is InChI=1S/C11H22F3NO/c1-10(2,9-15)5-3-7-16-8-4-6-11(12,13)14/h3-9,15H2,1-2H3. The van der Waals surface area contributed by atoms with Crippen molar-refractivity contribution in [1.82, 2.24) is 0 Å². The third kappa shape index (κ3) is 10.2. The first-order chi connectivity index (χ1) is 7.27. The summed E-state index contributed by atoms with van der Waals surface area (Å²) in [7, 11) is 0. The molecule has 2 N–H and O–H groups in total. The number of nitrogens with two attached hydrogens (primary N) is 1. The highest BCUT2D eigenvalue weighted by molar-refractivity contribution is 4.68. The Balaban J connectivity index is 3.29. The van der Waals surface area contributed by atoms with Crippen molar-refractivity contribution in [2.75, 3.05) is 19.8 Å². The van der Waals surface area contributed by atoms with Crippen LogP contribution in [0.3, 0.4) is 0 Å². The zero-order chi connectivity index (χ0) is 12.7. The monoisotopic (exact) mass is 241 g/mol. The third-order valence-electron chi connectivity index (χ3n) is 2.44. The van der Waals surface area contributed by atoms with Gasteiger partial charge in [-0.3, -0.25) is 0 Å². The van der Waals surface area contributed by atoms with E-state index in [9.17, 15) is 13.2 Å². The van der Waals surface area contributed by atoms with Crippen LogP contribution in [-0.4, -0.2) is 25.9 Å². The molecule has 0 aliphatic carbocycles.